The van der Waals surface area contributed by atoms with E-state index in [0.717, 1.165) is 41.4 Å². The fourth-order valence-corrected chi connectivity index (χ4v) is 3.49. The van der Waals surface area contributed by atoms with E-state index in [9.17, 15) is 9.59 Å². The number of amides is 1. The van der Waals surface area contributed by atoms with Crippen molar-refractivity contribution in [2.24, 2.45) is 0 Å². The zero-order chi connectivity index (χ0) is 18.1. The zero-order valence-electron chi connectivity index (χ0n) is 14.6. The van der Waals surface area contributed by atoms with Gasteiger partial charge in [0.15, 0.2) is 0 Å². The molecule has 0 aliphatic carbocycles. The van der Waals surface area contributed by atoms with E-state index in [4.69, 9.17) is 4.42 Å². The summed E-state index contributed by atoms with van der Waals surface area (Å²) in [6.07, 6.45) is 4.83. The van der Waals surface area contributed by atoms with Gasteiger partial charge in [-0.3, -0.25) is 9.78 Å². The Morgan fingerprint density at radius 2 is 2.15 bits per heavy atom. The molecule has 4 rings (SSSR count). The van der Waals surface area contributed by atoms with Crippen molar-refractivity contribution >= 4 is 16.8 Å². The number of fused-ring (bicyclic) bond motifs is 1. The van der Waals surface area contributed by atoms with Crippen molar-refractivity contribution < 1.29 is 9.21 Å². The smallest absolute Gasteiger partial charge is 0.388 e. The Labute approximate surface area is 150 Å². The van der Waals surface area contributed by atoms with E-state index in [1.165, 1.54) is 0 Å². The largest absolute Gasteiger partial charge is 0.437 e. The van der Waals surface area contributed by atoms with Gasteiger partial charge in [-0.2, -0.15) is 4.68 Å². The molecule has 1 aliphatic heterocycles. The summed E-state index contributed by atoms with van der Waals surface area (Å²) in [5.74, 6) is -0.522. The summed E-state index contributed by atoms with van der Waals surface area (Å²) in [4.78, 5) is 30.9. The van der Waals surface area contributed by atoms with Gasteiger partial charge >= 0.3 is 5.76 Å². The van der Waals surface area contributed by atoms with Crippen LogP contribution in [0.4, 0.5) is 0 Å². The Bertz CT molecular complexity index is 1000. The Hall–Kier alpha value is -2.96. The van der Waals surface area contributed by atoms with Crippen LogP contribution in [0.1, 0.15) is 26.2 Å². The predicted molar refractivity (Wildman–Crippen MR) is 96.5 cm³/mol. The standard InChI is InChI=1S/C19H20N4O3/c1-13-6-2-3-11-22(13)17(24)12-23-19(25)26-18(21-23)15-7-4-9-16-14(15)8-5-10-20-16/h4-5,7-10,13H,2-3,6,11-12H2,1H3. The Morgan fingerprint density at radius 3 is 3.00 bits per heavy atom. The Balaban J connectivity index is 1.63. The third-order valence-electron chi connectivity index (χ3n) is 4.89. The van der Waals surface area contributed by atoms with Crippen LogP contribution in [0.2, 0.25) is 0 Å². The summed E-state index contributed by atoms with van der Waals surface area (Å²) in [5.41, 5.74) is 1.48. The van der Waals surface area contributed by atoms with E-state index >= 15 is 0 Å². The highest BCUT2D eigenvalue weighted by Crippen LogP contribution is 2.25. The first-order chi connectivity index (χ1) is 12.6. The highest BCUT2D eigenvalue weighted by molar-refractivity contribution is 5.92. The first kappa shape index (κ1) is 16.5. The number of piperidine rings is 1. The number of rotatable bonds is 3. The topological polar surface area (TPSA) is 81.2 Å². The van der Waals surface area contributed by atoms with Gasteiger partial charge in [-0.1, -0.05) is 12.1 Å². The minimum Gasteiger partial charge on any atom is -0.388 e. The van der Waals surface area contributed by atoms with Crippen LogP contribution in [-0.2, 0) is 11.3 Å². The van der Waals surface area contributed by atoms with Crippen LogP contribution in [0.3, 0.4) is 0 Å². The minimum atomic E-state index is -0.626. The summed E-state index contributed by atoms with van der Waals surface area (Å²) in [7, 11) is 0. The summed E-state index contributed by atoms with van der Waals surface area (Å²) < 4.78 is 6.43. The van der Waals surface area contributed by atoms with E-state index in [0.29, 0.717) is 5.56 Å². The minimum absolute atomic E-state index is 0.0984. The molecule has 0 radical (unpaired) electrons. The molecule has 7 heteroatoms. The van der Waals surface area contributed by atoms with Gasteiger partial charge < -0.3 is 9.32 Å². The molecule has 3 aromatic rings. The summed E-state index contributed by atoms with van der Waals surface area (Å²) in [6.45, 7) is 2.67. The van der Waals surface area contributed by atoms with Crippen molar-refractivity contribution in [2.75, 3.05) is 6.54 Å². The fraction of sp³-hybridized carbons (Fsp3) is 0.368. The fourth-order valence-electron chi connectivity index (χ4n) is 3.49. The lowest BCUT2D eigenvalue weighted by atomic mass is 10.0. The molecule has 1 aliphatic rings. The molecule has 0 bridgehead atoms. The highest BCUT2D eigenvalue weighted by Gasteiger charge is 2.24. The normalized spacial score (nSPS) is 17.6. The van der Waals surface area contributed by atoms with Crippen molar-refractivity contribution in [1.29, 1.82) is 0 Å². The average molecular weight is 352 g/mol. The number of benzene rings is 1. The van der Waals surface area contributed by atoms with Crippen LogP contribution in [-0.4, -0.2) is 38.2 Å². The molecular weight excluding hydrogens is 332 g/mol. The number of nitrogens with zero attached hydrogens (tertiary/aromatic N) is 4. The molecular formula is C19H20N4O3. The van der Waals surface area contributed by atoms with E-state index in [2.05, 4.69) is 10.1 Å². The third kappa shape index (κ3) is 3.00. The van der Waals surface area contributed by atoms with Crippen molar-refractivity contribution in [3.8, 4) is 11.5 Å². The Kier molecular flexibility index (Phi) is 4.28. The van der Waals surface area contributed by atoms with Crippen molar-refractivity contribution in [2.45, 2.75) is 38.8 Å². The molecule has 1 aromatic carbocycles. The zero-order valence-corrected chi connectivity index (χ0v) is 14.6. The maximum Gasteiger partial charge on any atom is 0.437 e. The van der Waals surface area contributed by atoms with Crippen LogP contribution >= 0.6 is 0 Å². The summed E-state index contributed by atoms with van der Waals surface area (Å²) >= 11 is 0. The second kappa shape index (κ2) is 6.74. The van der Waals surface area contributed by atoms with Gasteiger partial charge in [-0.15, -0.1) is 5.10 Å². The lowest BCUT2D eigenvalue weighted by Gasteiger charge is -2.33. The monoisotopic (exact) mass is 352 g/mol. The van der Waals surface area contributed by atoms with Crippen LogP contribution < -0.4 is 5.76 Å². The number of hydrogen-bond donors (Lipinski definition) is 0. The van der Waals surface area contributed by atoms with Gasteiger partial charge in [-0.25, -0.2) is 4.79 Å². The van der Waals surface area contributed by atoms with Crippen molar-refractivity contribution in [3.63, 3.8) is 0 Å². The van der Waals surface area contributed by atoms with Crippen LogP contribution in [0.5, 0.6) is 0 Å². The molecule has 1 fully saturated rings. The van der Waals surface area contributed by atoms with Gasteiger partial charge in [0.1, 0.15) is 6.54 Å². The molecule has 2 aromatic heterocycles. The Morgan fingerprint density at radius 1 is 1.27 bits per heavy atom. The van der Waals surface area contributed by atoms with E-state index in [-0.39, 0.29) is 24.4 Å². The highest BCUT2D eigenvalue weighted by atomic mass is 16.4. The molecule has 1 saturated heterocycles. The average Bonchev–Trinajstić information content (AvgIpc) is 3.02. The van der Waals surface area contributed by atoms with Gasteiger partial charge in [0.2, 0.25) is 11.8 Å². The first-order valence-corrected chi connectivity index (χ1v) is 8.85. The molecule has 1 atom stereocenters. The number of aromatic nitrogens is 3. The maximum atomic E-state index is 12.6. The molecule has 26 heavy (non-hydrogen) atoms. The molecule has 0 saturated carbocycles. The molecule has 0 N–H and O–H groups in total. The maximum absolute atomic E-state index is 12.6. The molecule has 134 valence electrons. The van der Waals surface area contributed by atoms with Crippen LogP contribution in [0.25, 0.3) is 22.4 Å². The second-order valence-electron chi connectivity index (χ2n) is 6.64. The van der Waals surface area contributed by atoms with Gasteiger partial charge in [0.05, 0.1) is 5.52 Å². The lowest BCUT2D eigenvalue weighted by molar-refractivity contribution is -0.135. The van der Waals surface area contributed by atoms with Crippen LogP contribution in [0.15, 0.2) is 45.7 Å². The van der Waals surface area contributed by atoms with Crippen molar-refractivity contribution in [3.05, 3.63) is 47.1 Å². The summed E-state index contributed by atoms with van der Waals surface area (Å²) in [6, 6.07) is 9.47. The quantitative estimate of drug-likeness (QED) is 0.723. The van der Waals surface area contributed by atoms with E-state index < -0.39 is 5.76 Å². The van der Waals surface area contributed by atoms with Gasteiger partial charge in [-0.05, 0) is 44.4 Å². The number of carbonyl (C=O) groups is 1. The molecule has 0 spiro atoms. The molecule has 7 nitrogen and oxygen atoms in total. The SMILES string of the molecule is CC1CCCCN1C(=O)Cn1nc(-c2cccc3ncccc23)oc1=O. The molecule has 1 unspecified atom stereocenters. The molecule has 3 heterocycles. The second-order valence-corrected chi connectivity index (χ2v) is 6.64. The third-order valence-corrected chi connectivity index (χ3v) is 4.89. The van der Waals surface area contributed by atoms with E-state index in [1.807, 2.05) is 42.2 Å². The van der Waals surface area contributed by atoms with Gasteiger partial charge in [0, 0.05) is 29.7 Å². The first-order valence-electron chi connectivity index (χ1n) is 8.85. The number of carbonyl (C=O) groups excluding carboxylic acids is 1. The van der Waals surface area contributed by atoms with Crippen molar-refractivity contribution in [1.82, 2.24) is 19.7 Å². The van der Waals surface area contributed by atoms with Crippen LogP contribution in [0, 0.1) is 0 Å². The lowest BCUT2D eigenvalue weighted by Crippen LogP contribution is -2.44. The number of pyridine rings is 1. The summed E-state index contributed by atoms with van der Waals surface area (Å²) in [5, 5.41) is 5.10. The van der Waals surface area contributed by atoms with E-state index in [1.54, 1.807) is 6.20 Å². The number of hydrogen-bond acceptors (Lipinski definition) is 5. The molecule has 1 amide bonds. The number of likely N-dealkylation sites (tertiary alicyclic amines) is 1. The predicted octanol–water partition coefficient (Wildman–Crippen LogP) is 2.45. The van der Waals surface area contributed by atoms with Gasteiger partial charge in [0.25, 0.3) is 0 Å².